The minimum atomic E-state index is -5.91. The summed E-state index contributed by atoms with van der Waals surface area (Å²) in [5, 5.41) is 0. The van der Waals surface area contributed by atoms with Gasteiger partial charge in [0.05, 0.1) is 0 Å². The van der Waals surface area contributed by atoms with Gasteiger partial charge in [-0.15, -0.1) is 0 Å². The van der Waals surface area contributed by atoms with E-state index in [0.29, 0.717) is 3.57 Å². The number of hydrogen-bond donors (Lipinski definition) is 0. The van der Waals surface area contributed by atoms with E-state index in [1.807, 2.05) is 0 Å². The van der Waals surface area contributed by atoms with E-state index in [0.717, 1.165) is 13.0 Å². The van der Waals surface area contributed by atoms with Crippen LogP contribution < -0.4 is 9.47 Å². The van der Waals surface area contributed by atoms with Crippen molar-refractivity contribution in [3.8, 4) is 11.5 Å². The Labute approximate surface area is 168 Å². The second kappa shape index (κ2) is 8.00. The number of carbonyl (C=O) groups is 2. The monoisotopic (exact) mass is 533 g/mol. The highest BCUT2D eigenvalue weighted by atomic mass is 127. The molecule has 2 aromatic rings. The van der Waals surface area contributed by atoms with Gasteiger partial charge in [0.1, 0.15) is 26.3 Å². The van der Waals surface area contributed by atoms with Crippen LogP contribution in [0, 0.1) is 26.8 Å². The van der Waals surface area contributed by atoms with Gasteiger partial charge in [-0.3, -0.25) is 4.79 Å². The molecule has 7 nitrogen and oxygen atoms in total. The molecule has 0 aliphatic rings. The number of benzene rings is 2. The third kappa shape index (κ3) is 4.41. The molecule has 0 fully saturated rings. The molecule has 0 spiro atoms. The first kappa shape index (κ1) is 22.0. The highest BCUT2D eigenvalue weighted by Gasteiger charge is 2.32. The maximum atomic E-state index is 13.9. The third-order valence-electron chi connectivity index (χ3n) is 3.04. The largest absolute Gasteiger partial charge is 0.744 e. The Balaban J connectivity index is 2.56. The van der Waals surface area contributed by atoms with E-state index >= 15 is 0 Å². The van der Waals surface area contributed by atoms with E-state index in [1.54, 1.807) is 22.6 Å². The highest BCUT2D eigenvalue weighted by Crippen LogP contribution is 2.33. The summed E-state index contributed by atoms with van der Waals surface area (Å²) in [5.41, 5.74) is -0.532. The molecular formula is C15H6F4IO7S-. The first-order chi connectivity index (χ1) is 12.8. The molecular weight excluding hydrogens is 527 g/mol. The number of hydrogen-bond acceptors (Lipinski definition) is 7. The van der Waals surface area contributed by atoms with Gasteiger partial charge in [-0.05, 0) is 40.8 Å². The molecule has 0 aromatic heterocycles. The molecule has 0 amide bonds. The van der Waals surface area contributed by atoms with Gasteiger partial charge in [0, 0.05) is 10.5 Å². The van der Waals surface area contributed by atoms with Crippen LogP contribution in [0.5, 0.6) is 11.5 Å². The van der Waals surface area contributed by atoms with Crippen molar-refractivity contribution < 1.29 is 49.6 Å². The van der Waals surface area contributed by atoms with Crippen LogP contribution in [0.25, 0.3) is 0 Å². The lowest BCUT2D eigenvalue weighted by atomic mass is 10.2. The van der Waals surface area contributed by atoms with Crippen LogP contribution >= 0.6 is 22.6 Å². The predicted molar refractivity (Wildman–Crippen MR) is 89.7 cm³/mol. The molecule has 28 heavy (non-hydrogen) atoms. The fourth-order valence-corrected chi connectivity index (χ4v) is 3.03. The minimum absolute atomic E-state index is 0.370. The zero-order valence-electron chi connectivity index (χ0n) is 13.4. The van der Waals surface area contributed by atoms with Crippen molar-refractivity contribution in [2.45, 2.75) is 11.8 Å². The van der Waals surface area contributed by atoms with Crippen molar-refractivity contribution in [1.29, 1.82) is 0 Å². The zero-order chi connectivity index (χ0) is 21.4. The number of rotatable bonds is 4. The smallest absolute Gasteiger partial charge is 0.347 e. The summed E-state index contributed by atoms with van der Waals surface area (Å²) in [4.78, 5) is 20.9. The average Bonchev–Trinajstić information content (AvgIpc) is 2.55. The Hall–Kier alpha value is -2.26. The number of carbonyl (C=O) groups excluding carboxylic acids is 2. The topological polar surface area (TPSA) is 110 Å². The van der Waals surface area contributed by atoms with Crippen LogP contribution in [0.4, 0.5) is 17.6 Å². The van der Waals surface area contributed by atoms with Crippen LogP contribution in [0.3, 0.4) is 0 Å². The first-order valence-corrected chi connectivity index (χ1v) is 9.35. The highest BCUT2D eigenvalue weighted by molar-refractivity contribution is 14.1. The van der Waals surface area contributed by atoms with E-state index in [1.165, 1.54) is 12.1 Å². The van der Waals surface area contributed by atoms with Crippen molar-refractivity contribution >= 4 is 44.6 Å². The first-order valence-electron chi connectivity index (χ1n) is 6.86. The molecule has 0 bridgehead atoms. The van der Waals surface area contributed by atoms with Gasteiger partial charge < -0.3 is 14.0 Å². The third-order valence-corrected chi connectivity index (χ3v) is 4.57. The summed E-state index contributed by atoms with van der Waals surface area (Å²) >= 11 is 1.80. The maximum absolute atomic E-state index is 13.9. The Bertz CT molecular complexity index is 1070. The molecule has 0 radical (unpaired) electrons. The second-order valence-corrected chi connectivity index (χ2v) is 7.55. The van der Waals surface area contributed by atoms with Crippen LogP contribution in [0.15, 0.2) is 23.1 Å². The average molecular weight is 533 g/mol. The van der Waals surface area contributed by atoms with Crippen LogP contribution in [0.1, 0.15) is 17.3 Å². The Kier molecular flexibility index (Phi) is 6.30. The molecule has 0 N–H and O–H groups in total. The molecule has 0 saturated carbocycles. The maximum Gasteiger partial charge on any atom is 0.347 e. The Morgan fingerprint density at radius 1 is 1.00 bits per heavy atom. The lowest BCUT2D eigenvalue weighted by Crippen LogP contribution is -2.17. The van der Waals surface area contributed by atoms with Gasteiger partial charge in [-0.1, -0.05) is 0 Å². The van der Waals surface area contributed by atoms with Gasteiger partial charge in [-0.25, -0.2) is 22.0 Å². The molecule has 0 aliphatic carbocycles. The van der Waals surface area contributed by atoms with Crippen molar-refractivity contribution in [3.63, 3.8) is 0 Å². The normalized spacial score (nSPS) is 11.2. The van der Waals surface area contributed by atoms with Crippen LogP contribution in [-0.4, -0.2) is 24.9 Å². The molecule has 2 rings (SSSR count). The standard InChI is InChI=1S/C15H7F4IO7S/c1-5(21)26-8-4-6(20)2-3-7(8)15(22)27-13-9(16)11(18)14(28(23,24)25)12(19)10(13)17/h2-4H,1H3,(H,23,24,25)/p-1. The predicted octanol–water partition coefficient (Wildman–Crippen LogP) is 2.90. The van der Waals surface area contributed by atoms with Gasteiger partial charge in [0.25, 0.3) is 0 Å². The summed E-state index contributed by atoms with van der Waals surface area (Å²) in [7, 11) is -5.91. The quantitative estimate of drug-likeness (QED) is 0.149. The second-order valence-electron chi connectivity index (χ2n) is 4.99. The summed E-state index contributed by atoms with van der Waals surface area (Å²) in [6, 6.07) is 3.56. The summed E-state index contributed by atoms with van der Waals surface area (Å²) in [6.07, 6.45) is 0. The van der Waals surface area contributed by atoms with Crippen LogP contribution in [-0.2, 0) is 14.9 Å². The Morgan fingerprint density at radius 2 is 1.54 bits per heavy atom. The fraction of sp³-hybridized carbons (Fsp3) is 0.0667. The van der Waals surface area contributed by atoms with Crippen molar-refractivity contribution in [2.24, 2.45) is 0 Å². The minimum Gasteiger partial charge on any atom is -0.744 e. The van der Waals surface area contributed by atoms with Crippen molar-refractivity contribution in [3.05, 3.63) is 50.6 Å². The van der Waals surface area contributed by atoms with Crippen molar-refractivity contribution in [2.75, 3.05) is 0 Å². The van der Waals surface area contributed by atoms with E-state index in [4.69, 9.17) is 4.74 Å². The fourth-order valence-electron chi connectivity index (χ4n) is 1.95. The van der Waals surface area contributed by atoms with Crippen LogP contribution in [0.2, 0.25) is 0 Å². The number of halogens is 5. The molecule has 2 aromatic carbocycles. The van der Waals surface area contributed by atoms with Gasteiger partial charge >= 0.3 is 11.9 Å². The van der Waals surface area contributed by atoms with Crippen molar-refractivity contribution in [1.82, 2.24) is 0 Å². The molecule has 0 atom stereocenters. The summed E-state index contributed by atoms with van der Waals surface area (Å²) in [6.45, 7) is 1.00. The number of ether oxygens (including phenoxy) is 2. The van der Waals surface area contributed by atoms with Gasteiger partial charge in [0.15, 0.2) is 11.6 Å². The van der Waals surface area contributed by atoms with E-state index in [2.05, 4.69) is 4.74 Å². The summed E-state index contributed by atoms with van der Waals surface area (Å²) < 4.78 is 97.2. The SMILES string of the molecule is CC(=O)Oc1cc(I)ccc1C(=O)Oc1c(F)c(F)c(S(=O)(=O)[O-])c(F)c1F. The van der Waals surface area contributed by atoms with Gasteiger partial charge in [0.2, 0.25) is 17.4 Å². The van der Waals surface area contributed by atoms with E-state index in [-0.39, 0.29) is 5.75 Å². The molecule has 150 valence electrons. The number of esters is 2. The lowest BCUT2D eigenvalue weighted by molar-refractivity contribution is -0.131. The Morgan fingerprint density at radius 3 is 2.00 bits per heavy atom. The summed E-state index contributed by atoms with van der Waals surface area (Å²) in [5.74, 6) is -14.7. The zero-order valence-corrected chi connectivity index (χ0v) is 16.4. The molecule has 0 heterocycles. The molecule has 0 saturated heterocycles. The van der Waals surface area contributed by atoms with Gasteiger partial charge in [-0.2, -0.15) is 8.78 Å². The molecule has 13 heteroatoms. The van der Waals surface area contributed by atoms with E-state index in [9.17, 15) is 40.1 Å². The molecule has 0 aliphatic heterocycles. The molecule has 0 unspecified atom stereocenters. The van der Waals surface area contributed by atoms with E-state index < -0.39 is 61.5 Å². The lowest BCUT2D eigenvalue weighted by Gasteiger charge is -2.14.